The Hall–Kier alpha value is -3.54. The van der Waals surface area contributed by atoms with Crippen molar-refractivity contribution in [3.8, 4) is 11.8 Å². The number of methoxy groups -OCH3 is 1. The Morgan fingerprint density at radius 1 is 1.26 bits per heavy atom. The number of rotatable bonds is 6. The van der Waals surface area contributed by atoms with E-state index in [1.165, 1.54) is 0 Å². The molecule has 1 aromatic heterocycles. The van der Waals surface area contributed by atoms with E-state index in [1.54, 1.807) is 18.1 Å². The van der Waals surface area contributed by atoms with Crippen molar-refractivity contribution in [1.29, 1.82) is 5.26 Å². The molecule has 178 valence electrons. The number of ether oxygens (including phenoxy) is 1. The molecule has 4 aliphatic rings. The third kappa shape index (κ3) is 3.87. The Kier molecular flexibility index (Phi) is 5.90. The topological polar surface area (TPSA) is 127 Å². The van der Waals surface area contributed by atoms with Crippen LogP contribution < -0.4 is 15.4 Å². The van der Waals surface area contributed by atoms with Crippen molar-refractivity contribution in [3.05, 3.63) is 30.0 Å². The standard InChI is InChI=1S/C25H29N5O4/c1-34-21-4-2-3-19-18(21)12-20(29-19)25(33)30-17-7-5-14(6-8-17)22(30)24(32)28-16(13-26)11-15-9-10-27-23(15)31/h2-4,12,14-17,22,29H,5-11H2,1H3,(H,27,31)(H,28,32)/t14?,15-,16+,17?,22+/m0/s1. The van der Waals surface area contributed by atoms with Crippen molar-refractivity contribution in [1.82, 2.24) is 20.5 Å². The third-order valence-electron chi connectivity index (χ3n) is 7.61. The Morgan fingerprint density at radius 2 is 2.06 bits per heavy atom. The van der Waals surface area contributed by atoms with Gasteiger partial charge in [0.05, 0.1) is 13.2 Å². The molecule has 9 nitrogen and oxygen atoms in total. The molecule has 3 N–H and O–H groups in total. The van der Waals surface area contributed by atoms with Gasteiger partial charge in [0.25, 0.3) is 5.91 Å². The summed E-state index contributed by atoms with van der Waals surface area (Å²) in [6, 6.07) is 8.10. The number of fused-ring (bicyclic) bond motifs is 4. The van der Waals surface area contributed by atoms with Crippen LogP contribution in [-0.2, 0) is 9.59 Å². The second-order valence-corrected chi connectivity index (χ2v) is 9.53. The molecule has 6 rings (SSSR count). The molecule has 1 saturated carbocycles. The summed E-state index contributed by atoms with van der Waals surface area (Å²) in [4.78, 5) is 44.0. The summed E-state index contributed by atoms with van der Waals surface area (Å²) in [5, 5.41) is 16.1. The lowest BCUT2D eigenvalue weighted by Crippen LogP contribution is -2.63. The van der Waals surface area contributed by atoms with Gasteiger partial charge in [-0.05, 0) is 62.6 Å². The molecule has 9 heteroatoms. The monoisotopic (exact) mass is 463 g/mol. The molecule has 1 aromatic carbocycles. The Morgan fingerprint density at radius 3 is 2.74 bits per heavy atom. The highest BCUT2D eigenvalue weighted by Crippen LogP contribution is 2.41. The first kappa shape index (κ1) is 22.3. The number of nitrogens with one attached hydrogen (secondary N) is 3. The Labute approximate surface area is 197 Å². The fourth-order valence-corrected chi connectivity index (χ4v) is 5.90. The van der Waals surface area contributed by atoms with Crippen molar-refractivity contribution in [2.75, 3.05) is 13.7 Å². The quantitative estimate of drug-likeness (QED) is 0.605. The molecule has 0 unspecified atom stereocenters. The molecule has 1 aliphatic carbocycles. The number of hydrogen-bond donors (Lipinski definition) is 3. The molecule has 4 fully saturated rings. The predicted molar refractivity (Wildman–Crippen MR) is 124 cm³/mol. The van der Waals surface area contributed by atoms with Gasteiger partial charge in [-0.15, -0.1) is 0 Å². The Bertz CT molecular complexity index is 1160. The van der Waals surface area contributed by atoms with Gasteiger partial charge in [0, 0.05) is 29.4 Å². The first-order chi connectivity index (χ1) is 16.5. The lowest BCUT2D eigenvalue weighted by molar-refractivity contribution is -0.133. The van der Waals surface area contributed by atoms with Crippen LogP contribution in [0.25, 0.3) is 10.9 Å². The van der Waals surface area contributed by atoms with Gasteiger partial charge in [0.2, 0.25) is 11.8 Å². The average Bonchev–Trinajstić information content (AvgIpc) is 3.49. The van der Waals surface area contributed by atoms with Gasteiger partial charge < -0.3 is 25.3 Å². The maximum Gasteiger partial charge on any atom is 0.271 e. The van der Waals surface area contributed by atoms with E-state index in [4.69, 9.17) is 4.74 Å². The summed E-state index contributed by atoms with van der Waals surface area (Å²) in [5.74, 6) is -0.126. The predicted octanol–water partition coefficient (Wildman–Crippen LogP) is 2.09. The average molecular weight is 464 g/mol. The minimum absolute atomic E-state index is 0.0114. The number of hydrogen-bond acceptors (Lipinski definition) is 5. The van der Waals surface area contributed by atoms with Gasteiger partial charge >= 0.3 is 0 Å². The number of aromatic nitrogens is 1. The zero-order chi connectivity index (χ0) is 23.8. The summed E-state index contributed by atoms with van der Waals surface area (Å²) in [7, 11) is 1.59. The molecule has 4 heterocycles. The van der Waals surface area contributed by atoms with E-state index in [0.717, 1.165) is 36.6 Å². The molecule has 3 atom stereocenters. The second kappa shape index (κ2) is 9.01. The molecular weight excluding hydrogens is 434 g/mol. The number of H-pyrrole nitrogens is 1. The van der Waals surface area contributed by atoms with Crippen LogP contribution in [0.5, 0.6) is 5.75 Å². The lowest BCUT2D eigenvalue weighted by atomic mass is 9.74. The first-order valence-corrected chi connectivity index (χ1v) is 12.0. The summed E-state index contributed by atoms with van der Waals surface area (Å²) >= 11 is 0. The highest BCUT2D eigenvalue weighted by Gasteiger charge is 2.48. The van der Waals surface area contributed by atoms with Gasteiger partial charge in [0.15, 0.2) is 0 Å². The third-order valence-corrected chi connectivity index (χ3v) is 7.61. The number of nitriles is 1. The van der Waals surface area contributed by atoms with Crippen molar-refractivity contribution < 1.29 is 19.1 Å². The fourth-order valence-electron chi connectivity index (χ4n) is 5.90. The van der Waals surface area contributed by atoms with Crippen LogP contribution >= 0.6 is 0 Å². The van der Waals surface area contributed by atoms with E-state index in [0.29, 0.717) is 24.4 Å². The molecule has 0 spiro atoms. The smallest absolute Gasteiger partial charge is 0.271 e. The van der Waals surface area contributed by atoms with Crippen LogP contribution in [0, 0.1) is 23.2 Å². The zero-order valence-electron chi connectivity index (χ0n) is 19.2. The molecule has 3 aliphatic heterocycles. The van der Waals surface area contributed by atoms with Crippen LogP contribution in [0.15, 0.2) is 24.3 Å². The minimum atomic E-state index is -0.768. The molecule has 2 aromatic rings. The van der Waals surface area contributed by atoms with E-state index >= 15 is 0 Å². The summed E-state index contributed by atoms with van der Waals surface area (Å²) in [6.45, 7) is 0.597. The van der Waals surface area contributed by atoms with Crippen LogP contribution in [0.1, 0.15) is 49.0 Å². The summed E-state index contributed by atoms with van der Waals surface area (Å²) in [6.07, 6.45) is 4.45. The lowest BCUT2D eigenvalue weighted by Gasteiger charge is -2.50. The number of nitrogens with zero attached hydrogens (tertiary/aromatic N) is 2. The van der Waals surface area contributed by atoms with E-state index in [1.807, 2.05) is 18.2 Å². The van der Waals surface area contributed by atoms with Crippen molar-refractivity contribution in [2.24, 2.45) is 11.8 Å². The molecule has 2 bridgehead atoms. The number of piperidine rings is 2. The van der Waals surface area contributed by atoms with Gasteiger partial charge in [0.1, 0.15) is 23.5 Å². The van der Waals surface area contributed by atoms with Crippen LogP contribution in [0.4, 0.5) is 0 Å². The first-order valence-electron chi connectivity index (χ1n) is 12.0. The molecule has 3 amide bonds. The molecule has 34 heavy (non-hydrogen) atoms. The highest BCUT2D eigenvalue weighted by atomic mass is 16.5. The second-order valence-electron chi connectivity index (χ2n) is 9.53. The maximum atomic E-state index is 13.7. The normalized spacial score (nSPS) is 26.7. The summed E-state index contributed by atoms with van der Waals surface area (Å²) in [5.41, 5.74) is 1.22. The minimum Gasteiger partial charge on any atom is -0.496 e. The highest BCUT2D eigenvalue weighted by molar-refractivity contribution is 6.02. The van der Waals surface area contributed by atoms with Gasteiger partial charge in [-0.25, -0.2) is 0 Å². The number of amides is 3. The van der Waals surface area contributed by atoms with Crippen LogP contribution in [-0.4, -0.2) is 59.4 Å². The number of benzene rings is 1. The van der Waals surface area contributed by atoms with Crippen LogP contribution in [0.3, 0.4) is 0 Å². The summed E-state index contributed by atoms with van der Waals surface area (Å²) < 4.78 is 5.42. The SMILES string of the molecule is COc1cccc2[nH]c(C(=O)N3C4CCC(CC4)[C@@H]3C(=O)N[C@@H](C#N)C[C@@H]3CCNC3=O)cc12. The van der Waals surface area contributed by atoms with E-state index < -0.39 is 12.1 Å². The Balaban J connectivity index is 1.38. The van der Waals surface area contributed by atoms with E-state index in [-0.39, 0.29) is 42.0 Å². The van der Waals surface area contributed by atoms with Crippen molar-refractivity contribution >= 4 is 28.6 Å². The van der Waals surface area contributed by atoms with E-state index in [2.05, 4.69) is 21.7 Å². The van der Waals surface area contributed by atoms with Gasteiger partial charge in [-0.2, -0.15) is 5.26 Å². The van der Waals surface area contributed by atoms with Crippen molar-refractivity contribution in [2.45, 2.75) is 56.7 Å². The largest absolute Gasteiger partial charge is 0.496 e. The number of carbonyl (C=O) groups excluding carboxylic acids is 3. The molecule has 3 saturated heterocycles. The maximum absolute atomic E-state index is 13.7. The van der Waals surface area contributed by atoms with E-state index in [9.17, 15) is 19.6 Å². The zero-order valence-corrected chi connectivity index (χ0v) is 19.2. The number of aromatic amines is 1. The van der Waals surface area contributed by atoms with Gasteiger partial charge in [-0.3, -0.25) is 14.4 Å². The van der Waals surface area contributed by atoms with Crippen LogP contribution in [0.2, 0.25) is 0 Å². The van der Waals surface area contributed by atoms with Crippen molar-refractivity contribution in [3.63, 3.8) is 0 Å². The van der Waals surface area contributed by atoms with Gasteiger partial charge in [-0.1, -0.05) is 6.07 Å². The fraction of sp³-hybridized carbons (Fsp3) is 0.520. The molecule has 0 radical (unpaired) electrons. The molecular formula is C25H29N5O4. The number of carbonyl (C=O) groups is 3.